The number of nitrogens with zero attached hydrogens (tertiary/aromatic N) is 1. The highest BCUT2D eigenvalue weighted by Crippen LogP contribution is 2.36. The molecule has 2 amide bonds. The molecule has 0 unspecified atom stereocenters. The number of ether oxygens (including phenoxy) is 1. The molecule has 1 fully saturated rings. The predicted molar refractivity (Wildman–Crippen MR) is 79.5 cm³/mol. The quantitative estimate of drug-likeness (QED) is 0.811. The third kappa shape index (κ3) is 2.46. The molecule has 0 spiro atoms. The summed E-state index contributed by atoms with van der Waals surface area (Å²) in [6.07, 6.45) is 3.06. The fourth-order valence-electron chi connectivity index (χ4n) is 2.74. The molecule has 5 nitrogen and oxygen atoms in total. The third-order valence-electron chi connectivity index (χ3n) is 3.99. The summed E-state index contributed by atoms with van der Waals surface area (Å²) in [6, 6.07) is 4.95. The maximum absolute atomic E-state index is 12.7. The summed E-state index contributed by atoms with van der Waals surface area (Å²) in [7, 11) is 0. The Balaban J connectivity index is 1.88. The second kappa shape index (κ2) is 5.22. The number of piperidine rings is 1. The highest BCUT2D eigenvalue weighted by molar-refractivity contribution is 6.31. The summed E-state index contributed by atoms with van der Waals surface area (Å²) in [5, 5.41) is 3.22. The zero-order chi connectivity index (χ0) is 15.0. The van der Waals surface area contributed by atoms with Crippen molar-refractivity contribution in [3.05, 3.63) is 23.2 Å². The van der Waals surface area contributed by atoms with Crippen LogP contribution in [-0.2, 0) is 9.59 Å². The van der Waals surface area contributed by atoms with Gasteiger partial charge in [0.25, 0.3) is 17.4 Å². The van der Waals surface area contributed by atoms with Gasteiger partial charge in [0.2, 0.25) is 0 Å². The normalized spacial score (nSPS) is 24.9. The van der Waals surface area contributed by atoms with E-state index in [0.717, 1.165) is 19.3 Å². The summed E-state index contributed by atoms with van der Waals surface area (Å²) in [6.45, 7) is 2.88. The van der Waals surface area contributed by atoms with E-state index in [2.05, 4.69) is 5.32 Å². The first-order chi connectivity index (χ1) is 10.0. The van der Waals surface area contributed by atoms with Crippen molar-refractivity contribution in [2.24, 2.45) is 0 Å². The molecule has 0 aromatic heterocycles. The molecule has 3 rings (SSSR count). The smallest absolute Gasteiger partial charge is 0.278 e. The van der Waals surface area contributed by atoms with Crippen LogP contribution in [0.4, 0.5) is 5.69 Å². The minimum Gasteiger partial charge on any atom is -0.466 e. The Morgan fingerprint density at radius 3 is 2.76 bits per heavy atom. The van der Waals surface area contributed by atoms with Crippen molar-refractivity contribution in [3.63, 3.8) is 0 Å². The molecule has 1 N–H and O–H groups in total. The summed E-state index contributed by atoms with van der Waals surface area (Å²) in [4.78, 5) is 26.7. The van der Waals surface area contributed by atoms with E-state index in [0.29, 0.717) is 29.5 Å². The standard InChI is InChI=1S/C15H17ClN2O3/c1-15(14(20)18-7-3-2-4-8-18)13(19)17-11-9-10(16)5-6-12(11)21-15/h5-6,9H,2-4,7-8H2,1H3,(H,17,19)/t15-/m0/s1. The van der Waals surface area contributed by atoms with E-state index in [4.69, 9.17) is 16.3 Å². The van der Waals surface area contributed by atoms with Gasteiger partial charge in [0.05, 0.1) is 5.69 Å². The van der Waals surface area contributed by atoms with Gasteiger partial charge in [-0.2, -0.15) is 0 Å². The maximum atomic E-state index is 12.7. The molecule has 1 aromatic carbocycles. The summed E-state index contributed by atoms with van der Waals surface area (Å²) >= 11 is 5.90. The highest BCUT2D eigenvalue weighted by Gasteiger charge is 2.49. The van der Waals surface area contributed by atoms with Gasteiger partial charge in [0.1, 0.15) is 5.75 Å². The predicted octanol–water partition coefficient (Wildman–Crippen LogP) is 2.44. The van der Waals surface area contributed by atoms with Crippen LogP contribution in [0.5, 0.6) is 5.75 Å². The number of nitrogens with one attached hydrogen (secondary N) is 1. The molecule has 0 saturated carbocycles. The van der Waals surface area contributed by atoms with Crippen molar-refractivity contribution in [1.82, 2.24) is 4.90 Å². The number of carbonyl (C=O) groups is 2. The Hall–Kier alpha value is -1.75. The SMILES string of the molecule is C[C@]1(C(=O)N2CCCCC2)Oc2ccc(Cl)cc2NC1=O. The minimum atomic E-state index is -1.52. The largest absolute Gasteiger partial charge is 0.466 e. The van der Waals surface area contributed by atoms with Gasteiger partial charge >= 0.3 is 0 Å². The minimum absolute atomic E-state index is 0.277. The summed E-state index contributed by atoms with van der Waals surface area (Å²) in [5.74, 6) is -0.264. The van der Waals surface area contributed by atoms with Crippen molar-refractivity contribution in [2.45, 2.75) is 31.8 Å². The number of hydrogen-bond donors (Lipinski definition) is 1. The van der Waals surface area contributed by atoms with Gasteiger partial charge in [-0.25, -0.2) is 0 Å². The van der Waals surface area contributed by atoms with Crippen molar-refractivity contribution in [3.8, 4) is 5.75 Å². The van der Waals surface area contributed by atoms with E-state index in [-0.39, 0.29) is 5.91 Å². The third-order valence-corrected chi connectivity index (χ3v) is 4.22. The van der Waals surface area contributed by atoms with Crippen LogP contribution in [0.25, 0.3) is 0 Å². The molecule has 1 aromatic rings. The van der Waals surface area contributed by atoms with Crippen molar-refractivity contribution >= 4 is 29.1 Å². The number of likely N-dealkylation sites (tertiary alicyclic amines) is 1. The average Bonchev–Trinajstić information content (AvgIpc) is 2.49. The molecule has 6 heteroatoms. The first-order valence-electron chi connectivity index (χ1n) is 7.10. The first-order valence-corrected chi connectivity index (χ1v) is 7.48. The van der Waals surface area contributed by atoms with E-state index in [1.807, 2.05) is 0 Å². The van der Waals surface area contributed by atoms with E-state index in [1.54, 1.807) is 23.1 Å². The van der Waals surface area contributed by atoms with Crippen molar-refractivity contribution in [2.75, 3.05) is 18.4 Å². The Bertz CT molecular complexity index is 599. The molecular weight excluding hydrogens is 292 g/mol. The van der Waals surface area contributed by atoms with Crippen LogP contribution in [0.3, 0.4) is 0 Å². The molecular formula is C15H17ClN2O3. The van der Waals surface area contributed by atoms with E-state index in [9.17, 15) is 9.59 Å². The number of fused-ring (bicyclic) bond motifs is 1. The Kier molecular flexibility index (Phi) is 3.53. The monoisotopic (exact) mass is 308 g/mol. The Labute approximate surface area is 128 Å². The van der Waals surface area contributed by atoms with Gasteiger partial charge in [-0.3, -0.25) is 9.59 Å². The number of amides is 2. The van der Waals surface area contributed by atoms with E-state index >= 15 is 0 Å². The maximum Gasteiger partial charge on any atom is 0.278 e. The molecule has 112 valence electrons. The first kappa shape index (κ1) is 14.2. The number of hydrogen-bond acceptors (Lipinski definition) is 3. The molecule has 2 heterocycles. The highest BCUT2D eigenvalue weighted by atomic mass is 35.5. The topological polar surface area (TPSA) is 58.6 Å². The lowest BCUT2D eigenvalue weighted by atomic mass is 9.99. The average molecular weight is 309 g/mol. The van der Waals surface area contributed by atoms with Crippen LogP contribution in [0.1, 0.15) is 26.2 Å². The van der Waals surface area contributed by atoms with Crippen LogP contribution < -0.4 is 10.1 Å². The second-order valence-electron chi connectivity index (χ2n) is 5.58. The number of anilines is 1. The molecule has 1 saturated heterocycles. The fraction of sp³-hybridized carbons (Fsp3) is 0.467. The van der Waals surface area contributed by atoms with E-state index < -0.39 is 11.5 Å². The van der Waals surface area contributed by atoms with Crippen LogP contribution in [-0.4, -0.2) is 35.4 Å². The molecule has 0 bridgehead atoms. The van der Waals surface area contributed by atoms with Gasteiger partial charge in [0.15, 0.2) is 0 Å². The zero-order valence-electron chi connectivity index (χ0n) is 11.8. The van der Waals surface area contributed by atoms with Crippen LogP contribution in [0.2, 0.25) is 5.02 Å². The van der Waals surface area contributed by atoms with Gasteiger partial charge in [-0.05, 0) is 44.4 Å². The van der Waals surface area contributed by atoms with Crippen molar-refractivity contribution < 1.29 is 14.3 Å². The summed E-state index contributed by atoms with van der Waals surface area (Å²) in [5.41, 5.74) is -1.02. The lowest BCUT2D eigenvalue weighted by Gasteiger charge is -2.38. The molecule has 2 aliphatic heterocycles. The van der Waals surface area contributed by atoms with Gasteiger partial charge < -0.3 is 15.0 Å². The summed E-state index contributed by atoms with van der Waals surface area (Å²) < 4.78 is 5.74. The zero-order valence-corrected chi connectivity index (χ0v) is 12.6. The Morgan fingerprint density at radius 1 is 1.33 bits per heavy atom. The van der Waals surface area contributed by atoms with Crippen LogP contribution >= 0.6 is 11.6 Å². The second-order valence-corrected chi connectivity index (χ2v) is 6.02. The molecule has 2 aliphatic rings. The van der Waals surface area contributed by atoms with Gasteiger partial charge in [-0.1, -0.05) is 11.6 Å². The van der Waals surface area contributed by atoms with Gasteiger partial charge in [-0.15, -0.1) is 0 Å². The lowest BCUT2D eigenvalue weighted by molar-refractivity contribution is -0.155. The number of halogens is 1. The fourth-order valence-corrected chi connectivity index (χ4v) is 2.91. The molecule has 21 heavy (non-hydrogen) atoms. The number of carbonyl (C=O) groups excluding carboxylic acids is 2. The lowest BCUT2D eigenvalue weighted by Crippen LogP contribution is -2.60. The molecule has 0 aliphatic carbocycles. The van der Waals surface area contributed by atoms with Crippen LogP contribution in [0.15, 0.2) is 18.2 Å². The van der Waals surface area contributed by atoms with Gasteiger partial charge in [0, 0.05) is 18.1 Å². The van der Waals surface area contributed by atoms with Crippen LogP contribution in [0, 0.1) is 0 Å². The van der Waals surface area contributed by atoms with E-state index in [1.165, 1.54) is 6.92 Å². The Morgan fingerprint density at radius 2 is 2.05 bits per heavy atom. The van der Waals surface area contributed by atoms with Crippen molar-refractivity contribution in [1.29, 1.82) is 0 Å². The molecule has 1 atom stereocenters. The molecule has 0 radical (unpaired) electrons. The number of rotatable bonds is 1. The number of benzene rings is 1.